The van der Waals surface area contributed by atoms with Crippen molar-refractivity contribution < 1.29 is 42.9 Å². The molecule has 1 N–H and O–H groups in total. The van der Waals surface area contributed by atoms with Crippen LogP contribution in [0.1, 0.15) is 431 Å². The first-order valence-electron chi connectivity index (χ1n) is 40.4. The molecule has 0 amide bonds. The molecule has 9 heteroatoms. The number of hydrogen-bond donors (Lipinski definition) is 1. The van der Waals surface area contributed by atoms with Crippen molar-refractivity contribution in [3.05, 3.63) is 12.2 Å². The van der Waals surface area contributed by atoms with E-state index in [2.05, 4.69) is 26.0 Å². The minimum absolute atomic E-state index is 0.172. The number of nitrogens with zero attached hydrogens (tertiary/aromatic N) is 1. The van der Waals surface area contributed by atoms with E-state index in [4.69, 9.17) is 18.9 Å². The lowest BCUT2D eigenvalue weighted by Crippen LogP contribution is -2.40. The fourth-order valence-corrected chi connectivity index (χ4v) is 12.6. The zero-order valence-corrected chi connectivity index (χ0v) is 61.4. The van der Waals surface area contributed by atoms with E-state index in [0.29, 0.717) is 17.4 Å². The lowest BCUT2D eigenvalue weighted by molar-refractivity contribution is -0.870. The number of aliphatic carboxylic acids is 1. The van der Waals surface area contributed by atoms with Gasteiger partial charge in [-0.3, -0.25) is 9.59 Å². The maximum absolute atomic E-state index is 13.0. The predicted octanol–water partition coefficient (Wildman–Crippen LogP) is 25.5. The van der Waals surface area contributed by atoms with Crippen LogP contribution in [0.15, 0.2) is 12.2 Å². The summed E-state index contributed by atoms with van der Waals surface area (Å²) in [6.07, 6.45) is 88.1. The van der Waals surface area contributed by atoms with E-state index in [1.165, 1.54) is 366 Å². The van der Waals surface area contributed by atoms with Crippen LogP contribution in [0, 0.1) is 0 Å². The minimum atomic E-state index is -1.51. The number of ether oxygens (including phenoxy) is 4. The summed E-state index contributed by atoms with van der Waals surface area (Å²) in [6.45, 7) is 4.97. The number of unbranched alkanes of at least 4 members (excludes halogenated alkanes) is 60. The Morgan fingerprint density at radius 1 is 0.322 bits per heavy atom. The predicted molar refractivity (Wildman–Crippen MR) is 388 cm³/mol. The van der Waals surface area contributed by atoms with E-state index < -0.39 is 18.4 Å². The van der Waals surface area contributed by atoms with Gasteiger partial charge in [0.2, 0.25) is 0 Å². The summed E-state index contributed by atoms with van der Waals surface area (Å²) < 4.78 is 23.1. The Morgan fingerprint density at radius 2 is 0.567 bits per heavy atom. The van der Waals surface area contributed by atoms with Gasteiger partial charge in [-0.2, -0.15) is 0 Å². The molecule has 0 spiro atoms. The van der Waals surface area contributed by atoms with Crippen molar-refractivity contribution in [1.82, 2.24) is 0 Å². The topological polar surface area (TPSA) is 108 Å². The van der Waals surface area contributed by atoms with Gasteiger partial charge >= 0.3 is 17.9 Å². The Labute approximate surface area is 561 Å². The van der Waals surface area contributed by atoms with Crippen LogP contribution in [-0.4, -0.2) is 87.4 Å². The molecule has 0 aromatic rings. The summed E-state index contributed by atoms with van der Waals surface area (Å²) in [7, 11) is 6.00. The van der Waals surface area contributed by atoms with E-state index in [-0.39, 0.29) is 38.2 Å². The molecule has 0 aliphatic rings. The van der Waals surface area contributed by atoms with Crippen LogP contribution in [0.2, 0.25) is 0 Å². The number of carboxylic acids is 1. The van der Waals surface area contributed by atoms with E-state index in [1.807, 2.05) is 21.1 Å². The molecule has 534 valence electrons. The van der Waals surface area contributed by atoms with Crippen molar-refractivity contribution in [2.75, 3.05) is 47.5 Å². The van der Waals surface area contributed by atoms with Crippen molar-refractivity contribution in [2.45, 2.75) is 444 Å². The summed E-state index contributed by atoms with van der Waals surface area (Å²) in [4.78, 5) is 37.7. The standard InChI is InChI=1S/C81H157NO8/c1-6-8-10-12-14-16-18-20-22-24-26-28-30-32-34-35-36-37-38-39-40-41-42-43-44-45-46-48-50-52-54-56-58-60-62-64-66-68-70-72-79(84)90-77(76-89-81(80(85)86)87-74-73-82(3,4)5)75-88-78(83)71-69-67-65-63-61-59-57-55-53-51-49-47-33-31-29-27-25-23-21-19-17-15-13-11-9-7-2/h24,26,77,81H,6-23,25,27-76H2,1-5H3/p+1/b26-24-. The van der Waals surface area contributed by atoms with Crippen molar-refractivity contribution in [1.29, 1.82) is 0 Å². The number of carbonyl (C=O) groups excluding carboxylic acids is 2. The third kappa shape index (κ3) is 73.4. The Morgan fingerprint density at radius 3 is 0.822 bits per heavy atom. The zero-order valence-electron chi connectivity index (χ0n) is 61.4. The van der Waals surface area contributed by atoms with Gasteiger partial charge in [0.15, 0.2) is 6.10 Å². The third-order valence-corrected chi connectivity index (χ3v) is 18.8. The fourth-order valence-electron chi connectivity index (χ4n) is 12.6. The van der Waals surface area contributed by atoms with Crippen LogP contribution in [0.5, 0.6) is 0 Å². The average molecular weight is 1270 g/mol. The number of rotatable bonds is 77. The number of likely N-dealkylation sites (N-methyl/N-ethyl adjacent to an activating group) is 1. The lowest BCUT2D eigenvalue weighted by atomic mass is 10.0. The van der Waals surface area contributed by atoms with E-state index >= 15 is 0 Å². The largest absolute Gasteiger partial charge is 0.477 e. The maximum Gasteiger partial charge on any atom is 0.361 e. The summed E-state index contributed by atoms with van der Waals surface area (Å²) in [6, 6.07) is 0. The second-order valence-electron chi connectivity index (χ2n) is 29.1. The molecule has 0 heterocycles. The monoisotopic (exact) mass is 1270 g/mol. The van der Waals surface area contributed by atoms with Crippen LogP contribution in [0.3, 0.4) is 0 Å². The molecule has 0 aliphatic carbocycles. The van der Waals surface area contributed by atoms with Crippen LogP contribution >= 0.6 is 0 Å². The Hall–Kier alpha value is -1.97. The van der Waals surface area contributed by atoms with Gasteiger partial charge in [-0.15, -0.1) is 0 Å². The van der Waals surface area contributed by atoms with Gasteiger partial charge in [0.25, 0.3) is 6.29 Å². The summed E-state index contributed by atoms with van der Waals surface area (Å²) in [5.74, 6) is -1.96. The van der Waals surface area contributed by atoms with Crippen LogP contribution in [0.25, 0.3) is 0 Å². The highest BCUT2D eigenvalue weighted by Crippen LogP contribution is 2.20. The van der Waals surface area contributed by atoms with Gasteiger partial charge < -0.3 is 28.5 Å². The van der Waals surface area contributed by atoms with Crippen LogP contribution < -0.4 is 0 Å². The second kappa shape index (κ2) is 72.9. The summed E-state index contributed by atoms with van der Waals surface area (Å²) >= 11 is 0. The van der Waals surface area contributed by atoms with Gasteiger partial charge in [0.05, 0.1) is 34.4 Å². The highest BCUT2D eigenvalue weighted by molar-refractivity contribution is 5.71. The molecule has 0 fully saturated rings. The quantitative estimate of drug-likeness (QED) is 0.0211. The molecule has 0 radical (unpaired) electrons. The van der Waals surface area contributed by atoms with Gasteiger partial charge in [-0.05, 0) is 38.5 Å². The van der Waals surface area contributed by atoms with Crippen LogP contribution in [0.4, 0.5) is 0 Å². The SMILES string of the molecule is CCCCCCCCCC/C=C\CCCCCCCCCCCCCCCCCCCCCCCCCCCCCC(=O)OC(COC(=O)CCCCCCCCCCCCCCCCCCCCCCCCCCCC)COC(OCC[N+](C)(C)C)C(=O)O. The molecule has 0 bridgehead atoms. The van der Waals surface area contributed by atoms with E-state index in [9.17, 15) is 19.5 Å². The Kier molecular flexibility index (Phi) is 71.3. The first-order valence-corrected chi connectivity index (χ1v) is 40.4. The molecular formula is C81H158NO8+. The van der Waals surface area contributed by atoms with Gasteiger partial charge in [-0.1, -0.05) is 392 Å². The van der Waals surface area contributed by atoms with Crippen molar-refractivity contribution in [2.24, 2.45) is 0 Å². The average Bonchev–Trinajstić information content (AvgIpc) is 3.65. The van der Waals surface area contributed by atoms with Crippen LogP contribution in [-0.2, 0) is 33.3 Å². The van der Waals surface area contributed by atoms with Crippen molar-refractivity contribution >= 4 is 17.9 Å². The smallest absolute Gasteiger partial charge is 0.361 e. The molecule has 2 unspecified atom stereocenters. The summed E-state index contributed by atoms with van der Waals surface area (Å²) in [5.41, 5.74) is 0. The normalized spacial score (nSPS) is 12.6. The molecule has 0 rings (SSSR count). The number of allylic oxidation sites excluding steroid dienone is 2. The molecular weight excluding hydrogens is 1110 g/mol. The fraction of sp³-hybridized carbons (Fsp3) is 0.938. The highest BCUT2D eigenvalue weighted by Gasteiger charge is 2.25. The maximum atomic E-state index is 13.0. The van der Waals surface area contributed by atoms with Crippen molar-refractivity contribution in [3.8, 4) is 0 Å². The number of carbonyl (C=O) groups is 3. The lowest BCUT2D eigenvalue weighted by Gasteiger charge is -2.25. The molecule has 0 aliphatic heterocycles. The number of hydrogen-bond acceptors (Lipinski definition) is 7. The molecule has 9 nitrogen and oxygen atoms in total. The van der Waals surface area contributed by atoms with E-state index in [1.54, 1.807) is 0 Å². The second-order valence-corrected chi connectivity index (χ2v) is 29.1. The number of esters is 2. The van der Waals surface area contributed by atoms with Gasteiger partial charge in [0.1, 0.15) is 13.2 Å². The molecule has 0 saturated carbocycles. The molecule has 2 atom stereocenters. The number of carboxylic acid groups (broad SMARTS) is 1. The molecule has 0 aromatic heterocycles. The van der Waals surface area contributed by atoms with Crippen molar-refractivity contribution in [3.63, 3.8) is 0 Å². The zero-order chi connectivity index (χ0) is 65.4. The highest BCUT2D eigenvalue weighted by atomic mass is 16.7. The van der Waals surface area contributed by atoms with Gasteiger partial charge in [-0.25, -0.2) is 4.79 Å². The van der Waals surface area contributed by atoms with E-state index in [0.717, 1.165) is 38.5 Å². The minimum Gasteiger partial charge on any atom is -0.477 e. The Balaban J connectivity index is 3.92. The number of quaternary nitrogens is 1. The first kappa shape index (κ1) is 88.0. The molecule has 0 aromatic carbocycles. The Bertz CT molecular complexity index is 1480. The van der Waals surface area contributed by atoms with Gasteiger partial charge in [0, 0.05) is 12.8 Å². The summed E-state index contributed by atoms with van der Waals surface area (Å²) in [5, 5.41) is 9.77. The first-order chi connectivity index (χ1) is 44.1. The molecule has 90 heavy (non-hydrogen) atoms. The molecule has 0 saturated heterocycles. The third-order valence-electron chi connectivity index (χ3n) is 18.8.